The fraction of sp³-hybridized carbons (Fsp3) is 0.679. The van der Waals surface area contributed by atoms with E-state index in [9.17, 15) is 14.4 Å². The van der Waals surface area contributed by atoms with Crippen molar-refractivity contribution in [3.05, 3.63) is 36.3 Å². The summed E-state index contributed by atoms with van der Waals surface area (Å²) in [6.07, 6.45) is 8.49. The second-order valence-corrected chi connectivity index (χ2v) is 12.6. The Bertz CT molecular complexity index is 1130. The molecule has 9 atom stereocenters. The summed E-state index contributed by atoms with van der Waals surface area (Å²) < 4.78 is 18.0. The molecular formula is C28H34O6. The lowest BCUT2D eigenvalue weighted by atomic mass is 9.36. The minimum absolute atomic E-state index is 0.0275. The number of ketones is 2. The number of furan rings is 1. The zero-order valence-electron chi connectivity index (χ0n) is 20.8. The molecule has 3 saturated carbocycles. The molecule has 0 aromatic carbocycles. The first-order chi connectivity index (χ1) is 15.9. The average Bonchev–Trinajstić information content (AvgIpc) is 3.24. The Morgan fingerprint density at radius 2 is 1.85 bits per heavy atom. The maximum absolute atomic E-state index is 13.7. The molecule has 34 heavy (non-hydrogen) atoms. The average molecular weight is 467 g/mol. The molecule has 0 unspecified atom stereocenters. The molecule has 4 aliphatic carbocycles. The van der Waals surface area contributed by atoms with Gasteiger partial charge in [-0.2, -0.15) is 0 Å². The van der Waals surface area contributed by atoms with Crippen LogP contribution >= 0.6 is 0 Å². The predicted molar refractivity (Wildman–Crippen MR) is 123 cm³/mol. The van der Waals surface area contributed by atoms with Gasteiger partial charge < -0.3 is 13.9 Å². The third-order valence-corrected chi connectivity index (χ3v) is 11.0. The Labute approximate surface area is 200 Å². The van der Waals surface area contributed by atoms with Crippen molar-refractivity contribution in [2.75, 3.05) is 0 Å². The van der Waals surface area contributed by atoms with Crippen LogP contribution in [0.2, 0.25) is 0 Å². The van der Waals surface area contributed by atoms with Crippen LogP contribution in [0.3, 0.4) is 0 Å². The third kappa shape index (κ3) is 2.21. The SMILES string of the molecule is CC(=O)O[C@@H]1C[C@H]2C(C)(C)C(=O)C=C[C@]2(C)[C@H]2CC[C@@]3(C)[C@H](c4ccoc4)C(=O)[C@@H]4O[C@]43[C@@]21C. The quantitative estimate of drug-likeness (QED) is 0.467. The van der Waals surface area contributed by atoms with Gasteiger partial charge in [0.1, 0.15) is 17.8 Å². The predicted octanol–water partition coefficient (Wildman–Crippen LogP) is 4.63. The molecule has 5 aliphatic rings. The Kier molecular flexibility index (Phi) is 4.13. The Balaban J connectivity index is 1.54. The standard InChI is InChI=1S/C28H34O6/c1-15(29)33-20-13-18-24(2,3)19(30)8-10-25(18,4)17-7-11-26(5)21(16-9-12-32-14-16)22(31)23-28(26,34-23)27(17,20)6/h8-10,12,14,17-18,20-21,23H,7,11,13H2,1-6H3/t17-,18+,20-,21-,23+,25-,26+,27+,28-/m1/s1. The second-order valence-electron chi connectivity index (χ2n) is 12.6. The molecule has 0 N–H and O–H groups in total. The van der Waals surface area contributed by atoms with Gasteiger partial charge in [-0.25, -0.2) is 0 Å². The highest BCUT2D eigenvalue weighted by Crippen LogP contribution is 2.81. The molecule has 182 valence electrons. The number of hydrogen-bond donors (Lipinski definition) is 0. The van der Waals surface area contributed by atoms with Crippen LogP contribution in [0.25, 0.3) is 0 Å². The van der Waals surface area contributed by atoms with Crippen LogP contribution < -0.4 is 0 Å². The Morgan fingerprint density at radius 3 is 2.50 bits per heavy atom. The lowest BCUT2D eigenvalue weighted by molar-refractivity contribution is -0.232. The number of ether oxygens (including phenoxy) is 2. The van der Waals surface area contributed by atoms with Crippen molar-refractivity contribution in [1.29, 1.82) is 0 Å². The zero-order chi connectivity index (χ0) is 24.5. The zero-order valence-corrected chi connectivity index (χ0v) is 20.8. The first kappa shape index (κ1) is 22.3. The highest BCUT2D eigenvalue weighted by Gasteiger charge is 2.89. The van der Waals surface area contributed by atoms with Crippen LogP contribution in [0, 0.1) is 33.5 Å². The van der Waals surface area contributed by atoms with Gasteiger partial charge >= 0.3 is 5.97 Å². The van der Waals surface area contributed by atoms with Crippen molar-refractivity contribution >= 4 is 17.5 Å². The van der Waals surface area contributed by atoms with Crippen LogP contribution in [0.15, 0.2) is 35.2 Å². The molecule has 1 aromatic heterocycles. The van der Waals surface area contributed by atoms with E-state index in [1.165, 1.54) is 6.92 Å². The van der Waals surface area contributed by atoms with Crippen molar-refractivity contribution in [3.63, 3.8) is 0 Å². The summed E-state index contributed by atoms with van der Waals surface area (Å²) >= 11 is 0. The normalized spacial score (nSPS) is 50.1. The van der Waals surface area contributed by atoms with Crippen LogP contribution in [0.5, 0.6) is 0 Å². The van der Waals surface area contributed by atoms with E-state index >= 15 is 0 Å². The van der Waals surface area contributed by atoms with Crippen molar-refractivity contribution in [2.45, 2.75) is 84.5 Å². The Morgan fingerprint density at radius 1 is 1.12 bits per heavy atom. The monoisotopic (exact) mass is 466 g/mol. The highest BCUT2D eigenvalue weighted by molar-refractivity contribution is 5.99. The number of epoxide rings is 1. The molecule has 6 nitrogen and oxygen atoms in total. The summed E-state index contributed by atoms with van der Waals surface area (Å²) in [5.74, 6) is -0.280. The number of allylic oxidation sites excluding steroid dienone is 2. The number of hydrogen-bond acceptors (Lipinski definition) is 6. The number of carbonyl (C=O) groups excluding carboxylic acids is 3. The van der Waals surface area contributed by atoms with Gasteiger partial charge in [0.05, 0.1) is 18.4 Å². The number of Topliss-reactive ketones (excluding diaryl/α,β-unsaturated/α-hetero) is 1. The third-order valence-electron chi connectivity index (χ3n) is 11.0. The van der Waals surface area contributed by atoms with E-state index in [2.05, 4.69) is 26.8 Å². The minimum atomic E-state index is -0.713. The van der Waals surface area contributed by atoms with E-state index in [0.29, 0.717) is 6.42 Å². The number of fused-ring (bicyclic) bond motifs is 3. The van der Waals surface area contributed by atoms with Crippen molar-refractivity contribution < 1.29 is 28.3 Å². The van der Waals surface area contributed by atoms with E-state index < -0.39 is 34.1 Å². The van der Waals surface area contributed by atoms with Crippen LogP contribution in [0.1, 0.15) is 72.3 Å². The topological polar surface area (TPSA) is 86.1 Å². The summed E-state index contributed by atoms with van der Waals surface area (Å²) in [7, 11) is 0. The van der Waals surface area contributed by atoms with E-state index in [1.54, 1.807) is 18.6 Å². The molecule has 1 aliphatic heterocycles. The summed E-state index contributed by atoms with van der Waals surface area (Å²) in [5.41, 5.74) is -1.65. The maximum Gasteiger partial charge on any atom is 0.302 e. The summed E-state index contributed by atoms with van der Waals surface area (Å²) in [6.45, 7) is 12.1. The summed E-state index contributed by atoms with van der Waals surface area (Å²) in [6, 6.07) is 1.89. The van der Waals surface area contributed by atoms with Gasteiger partial charge in [0.15, 0.2) is 11.6 Å². The highest BCUT2D eigenvalue weighted by atomic mass is 16.6. The van der Waals surface area contributed by atoms with Crippen LogP contribution in [-0.2, 0) is 23.9 Å². The largest absolute Gasteiger partial charge is 0.472 e. The first-order valence-corrected chi connectivity index (χ1v) is 12.5. The number of rotatable bonds is 2. The van der Waals surface area contributed by atoms with Gasteiger partial charge in [-0.15, -0.1) is 0 Å². The van der Waals surface area contributed by atoms with Gasteiger partial charge in [0.2, 0.25) is 0 Å². The van der Waals surface area contributed by atoms with Gasteiger partial charge in [0, 0.05) is 28.7 Å². The fourth-order valence-corrected chi connectivity index (χ4v) is 9.55. The summed E-state index contributed by atoms with van der Waals surface area (Å²) in [5, 5.41) is 0. The van der Waals surface area contributed by atoms with E-state index in [4.69, 9.17) is 13.9 Å². The molecule has 1 spiro atoms. The smallest absolute Gasteiger partial charge is 0.302 e. The maximum atomic E-state index is 13.7. The second kappa shape index (κ2) is 6.31. The molecule has 0 radical (unpaired) electrons. The van der Waals surface area contributed by atoms with E-state index in [0.717, 1.165) is 18.4 Å². The van der Waals surface area contributed by atoms with Crippen LogP contribution in [0.4, 0.5) is 0 Å². The molecular weight excluding hydrogens is 432 g/mol. The lowest BCUT2D eigenvalue weighted by Gasteiger charge is -2.67. The van der Waals surface area contributed by atoms with Gasteiger partial charge in [-0.1, -0.05) is 40.7 Å². The molecule has 0 amide bonds. The molecule has 6 heteroatoms. The van der Waals surface area contributed by atoms with Gasteiger partial charge in [-0.3, -0.25) is 14.4 Å². The molecule has 4 fully saturated rings. The molecule has 6 rings (SSSR count). The van der Waals surface area contributed by atoms with Crippen molar-refractivity contribution in [1.82, 2.24) is 0 Å². The molecule has 2 heterocycles. The Hall–Kier alpha value is -2.21. The molecule has 0 bridgehead atoms. The summed E-state index contributed by atoms with van der Waals surface area (Å²) in [4.78, 5) is 39.0. The van der Waals surface area contributed by atoms with Gasteiger partial charge in [0.25, 0.3) is 0 Å². The lowest BCUT2D eigenvalue weighted by Crippen LogP contribution is -2.70. The number of esters is 1. The van der Waals surface area contributed by atoms with Crippen molar-refractivity contribution in [2.24, 2.45) is 33.5 Å². The fourth-order valence-electron chi connectivity index (χ4n) is 9.55. The number of carbonyl (C=O) groups is 3. The van der Waals surface area contributed by atoms with E-state index in [-0.39, 0.29) is 40.7 Å². The molecule has 1 aromatic rings. The van der Waals surface area contributed by atoms with Crippen molar-refractivity contribution in [3.8, 4) is 0 Å². The van der Waals surface area contributed by atoms with E-state index in [1.807, 2.05) is 19.9 Å². The first-order valence-electron chi connectivity index (χ1n) is 12.5. The molecule has 1 saturated heterocycles. The van der Waals surface area contributed by atoms with Gasteiger partial charge in [-0.05, 0) is 48.7 Å². The van der Waals surface area contributed by atoms with Crippen LogP contribution in [-0.4, -0.2) is 35.3 Å². The minimum Gasteiger partial charge on any atom is -0.472 e.